The molecule has 7 N–H and O–H groups in total. The van der Waals surface area contributed by atoms with Crippen molar-refractivity contribution in [1.29, 1.82) is 0 Å². The van der Waals surface area contributed by atoms with Crippen LogP contribution in [-0.2, 0) is 36.7 Å². The molecule has 3 atom stereocenters. The lowest BCUT2D eigenvalue weighted by molar-refractivity contribution is -0.160. The van der Waals surface area contributed by atoms with E-state index in [9.17, 15) is 50.1 Å². The van der Waals surface area contributed by atoms with Gasteiger partial charge in [-0.3, -0.25) is 4.79 Å². The van der Waals surface area contributed by atoms with Gasteiger partial charge in [0.25, 0.3) is 0 Å². The largest absolute Gasteiger partial charge is 0.504 e. The number of esters is 2. The Morgan fingerprint density at radius 3 is 2.12 bits per heavy atom. The molecule has 0 saturated carbocycles. The lowest BCUT2D eigenvalue weighted by atomic mass is 9.87. The SMILES string of the molecule is COc1ccc(C[CH]OC(=O)[C@H]2c3c(/C=C/C(=O)O[C@H](Cc4ccc(O)c(O)c4)C(=O)O)ccc(O)c3O[C@@H]2c2ccc(O)c(O)c2)cc1O. The first kappa shape index (κ1) is 34.8. The lowest BCUT2D eigenvalue weighted by Gasteiger charge is -2.19. The molecule has 1 aliphatic rings. The highest BCUT2D eigenvalue weighted by atomic mass is 16.6. The fraction of sp³-hybridized carbons (Fsp3) is 0.167. The van der Waals surface area contributed by atoms with Gasteiger partial charge in [-0.25, -0.2) is 9.59 Å². The number of ether oxygens (including phenoxy) is 4. The quantitative estimate of drug-likeness (QED) is 0.0624. The van der Waals surface area contributed by atoms with Gasteiger partial charge in [0.15, 0.2) is 46.0 Å². The number of fused-ring (bicyclic) bond motifs is 1. The van der Waals surface area contributed by atoms with Gasteiger partial charge in [-0.05, 0) is 70.8 Å². The van der Waals surface area contributed by atoms with Crippen molar-refractivity contribution in [3.63, 3.8) is 0 Å². The van der Waals surface area contributed by atoms with Gasteiger partial charge in [-0.15, -0.1) is 0 Å². The highest BCUT2D eigenvalue weighted by Gasteiger charge is 2.44. The van der Waals surface area contributed by atoms with Gasteiger partial charge in [-0.1, -0.05) is 24.3 Å². The number of rotatable bonds is 12. The van der Waals surface area contributed by atoms with Gasteiger partial charge in [-0.2, -0.15) is 0 Å². The number of hydrogen-bond donors (Lipinski definition) is 7. The Kier molecular flexibility index (Phi) is 10.2. The molecular formula is C36H31O14. The van der Waals surface area contributed by atoms with E-state index in [1.54, 1.807) is 6.07 Å². The summed E-state index contributed by atoms with van der Waals surface area (Å²) in [6.45, 7) is 1.20. The molecule has 0 unspecified atom stereocenters. The summed E-state index contributed by atoms with van der Waals surface area (Å²) in [4.78, 5) is 38.4. The van der Waals surface area contributed by atoms with Crippen LogP contribution in [0.25, 0.3) is 6.08 Å². The minimum Gasteiger partial charge on any atom is -0.504 e. The van der Waals surface area contributed by atoms with Crippen LogP contribution in [-0.4, -0.2) is 66.9 Å². The molecule has 0 bridgehead atoms. The van der Waals surface area contributed by atoms with Crippen molar-refractivity contribution in [3.05, 3.63) is 107 Å². The zero-order valence-corrected chi connectivity index (χ0v) is 26.2. The van der Waals surface area contributed by atoms with E-state index >= 15 is 0 Å². The summed E-state index contributed by atoms with van der Waals surface area (Å²) in [5, 5.41) is 69.7. The summed E-state index contributed by atoms with van der Waals surface area (Å²) in [6, 6.07) is 14.7. The molecule has 0 amide bonds. The number of carbonyl (C=O) groups is 3. The third kappa shape index (κ3) is 7.59. The number of phenols is 6. The second kappa shape index (κ2) is 14.7. The first-order chi connectivity index (χ1) is 23.9. The zero-order valence-electron chi connectivity index (χ0n) is 26.2. The number of carboxylic acids is 1. The second-order valence-electron chi connectivity index (χ2n) is 11.1. The van der Waals surface area contributed by atoms with Crippen LogP contribution in [0, 0.1) is 6.61 Å². The normalized spacial score (nSPS) is 15.5. The Morgan fingerprint density at radius 1 is 0.800 bits per heavy atom. The van der Waals surface area contributed by atoms with Gasteiger partial charge < -0.3 is 54.7 Å². The molecule has 259 valence electrons. The molecule has 0 aliphatic carbocycles. The van der Waals surface area contributed by atoms with Crippen molar-refractivity contribution in [2.24, 2.45) is 0 Å². The highest BCUT2D eigenvalue weighted by molar-refractivity contribution is 5.91. The van der Waals surface area contributed by atoms with E-state index in [0.29, 0.717) is 5.56 Å². The molecule has 0 saturated heterocycles. The summed E-state index contributed by atoms with van der Waals surface area (Å²) in [7, 11) is 1.40. The minimum atomic E-state index is -1.66. The van der Waals surface area contributed by atoms with Gasteiger partial charge in [0, 0.05) is 24.5 Å². The van der Waals surface area contributed by atoms with E-state index in [0.717, 1.165) is 18.2 Å². The molecule has 14 heteroatoms. The molecule has 1 aliphatic heterocycles. The molecule has 0 spiro atoms. The van der Waals surface area contributed by atoms with Crippen molar-refractivity contribution in [2.45, 2.75) is 31.0 Å². The number of aliphatic carboxylic acids is 1. The number of phenolic OH excluding ortho intramolecular Hbond substituents is 6. The average Bonchev–Trinajstić information content (AvgIpc) is 3.49. The van der Waals surface area contributed by atoms with Crippen LogP contribution in [0.15, 0.2) is 72.8 Å². The molecule has 1 heterocycles. The summed E-state index contributed by atoms with van der Waals surface area (Å²) < 4.78 is 21.7. The maximum Gasteiger partial charge on any atom is 0.345 e. The topological polar surface area (TPSA) is 230 Å². The highest BCUT2D eigenvalue weighted by Crippen LogP contribution is 2.53. The molecule has 4 aromatic rings. The summed E-state index contributed by atoms with van der Waals surface area (Å²) in [6.07, 6.45) is -0.943. The summed E-state index contributed by atoms with van der Waals surface area (Å²) >= 11 is 0. The van der Waals surface area contributed by atoms with Crippen molar-refractivity contribution >= 4 is 24.0 Å². The van der Waals surface area contributed by atoms with Gasteiger partial charge in [0.1, 0.15) is 18.6 Å². The third-order valence-electron chi connectivity index (χ3n) is 7.81. The van der Waals surface area contributed by atoms with Crippen LogP contribution in [0.5, 0.6) is 46.0 Å². The van der Waals surface area contributed by atoms with Crippen molar-refractivity contribution < 1.29 is 69.1 Å². The number of carboxylic acid groups (broad SMARTS) is 1. The predicted molar refractivity (Wildman–Crippen MR) is 173 cm³/mol. The molecule has 0 aromatic heterocycles. The second-order valence-corrected chi connectivity index (χ2v) is 11.1. The predicted octanol–water partition coefficient (Wildman–Crippen LogP) is 4.35. The van der Waals surface area contributed by atoms with E-state index in [2.05, 4.69) is 0 Å². The maximum absolute atomic E-state index is 13.7. The van der Waals surface area contributed by atoms with Crippen LogP contribution in [0.2, 0.25) is 0 Å². The van der Waals surface area contributed by atoms with Crippen LogP contribution in [0.3, 0.4) is 0 Å². The summed E-state index contributed by atoms with van der Waals surface area (Å²) in [5.74, 6) is -6.86. The number of aromatic hydroxyl groups is 6. The van der Waals surface area contributed by atoms with E-state index in [1.165, 1.54) is 68.3 Å². The standard InChI is InChI=1S/C36H31O14/c1-47-28-10-3-18(14-27(28)42)12-13-48-36(46)32-31-20(4-9-24(39)34(31)50-33(32)21-5-8-23(38)26(41)17-21)6-11-30(43)49-29(35(44)45)16-19-2-7-22(37)25(40)15-19/h2-11,13-15,17,29,32-33,37-42H,12,16H2,1H3,(H,44,45)/b11-6+/t29-,32+,33-/m1/s1. The van der Waals surface area contributed by atoms with Gasteiger partial charge in [0.2, 0.25) is 6.10 Å². The van der Waals surface area contributed by atoms with Crippen LogP contribution in [0.4, 0.5) is 0 Å². The molecule has 4 aromatic carbocycles. The molecule has 5 rings (SSSR count). The Labute approximate surface area is 284 Å². The van der Waals surface area contributed by atoms with Crippen LogP contribution < -0.4 is 9.47 Å². The number of carbonyl (C=O) groups excluding carboxylic acids is 2. The maximum atomic E-state index is 13.7. The van der Waals surface area contributed by atoms with Gasteiger partial charge in [0.05, 0.1) is 7.11 Å². The minimum absolute atomic E-state index is 0.0849. The first-order valence-corrected chi connectivity index (χ1v) is 14.9. The average molecular weight is 688 g/mol. The molecule has 14 nitrogen and oxygen atoms in total. The molecule has 50 heavy (non-hydrogen) atoms. The Bertz CT molecular complexity index is 1970. The van der Waals surface area contributed by atoms with E-state index in [1.807, 2.05) is 0 Å². The lowest BCUT2D eigenvalue weighted by Crippen LogP contribution is -2.28. The van der Waals surface area contributed by atoms with Crippen LogP contribution >= 0.6 is 0 Å². The molecular weight excluding hydrogens is 656 g/mol. The van der Waals surface area contributed by atoms with E-state index < -0.39 is 59.0 Å². The Morgan fingerprint density at radius 2 is 1.46 bits per heavy atom. The monoisotopic (exact) mass is 687 g/mol. The van der Waals surface area contributed by atoms with E-state index in [4.69, 9.17) is 18.9 Å². The number of hydrogen-bond acceptors (Lipinski definition) is 13. The molecule has 1 radical (unpaired) electrons. The Hall–Kier alpha value is -6.57. The number of benzene rings is 4. The van der Waals surface area contributed by atoms with Crippen molar-refractivity contribution in [1.82, 2.24) is 0 Å². The fourth-order valence-corrected chi connectivity index (χ4v) is 5.34. The van der Waals surface area contributed by atoms with Gasteiger partial charge >= 0.3 is 17.9 Å². The van der Waals surface area contributed by atoms with Crippen molar-refractivity contribution in [3.8, 4) is 46.0 Å². The van der Waals surface area contributed by atoms with Crippen LogP contribution in [0.1, 0.15) is 39.8 Å². The van der Waals surface area contributed by atoms with Crippen molar-refractivity contribution in [2.75, 3.05) is 7.11 Å². The number of methoxy groups -OCH3 is 1. The Balaban J connectivity index is 1.41. The third-order valence-corrected chi connectivity index (χ3v) is 7.81. The molecule has 0 fully saturated rings. The zero-order chi connectivity index (χ0) is 36.1. The smallest absolute Gasteiger partial charge is 0.345 e. The first-order valence-electron chi connectivity index (χ1n) is 14.9. The fourth-order valence-electron chi connectivity index (χ4n) is 5.34. The summed E-state index contributed by atoms with van der Waals surface area (Å²) in [5.41, 5.74) is 1.38. The van der Waals surface area contributed by atoms with E-state index in [-0.39, 0.29) is 58.1 Å².